The highest BCUT2D eigenvalue weighted by molar-refractivity contribution is 5.85. The summed E-state index contributed by atoms with van der Waals surface area (Å²) in [4.78, 5) is 3.96. The summed E-state index contributed by atoms with van der Waals surface area (Å²) in [5.41, 5.74) is 2.41. The zero-order valence-electron chi connectivity index (χ0n) is 8.33. The standard InChI is InChI=1S/C10H11N3.2ClH/c1-9-6-12-13(7-9)8-10-2-4-11-5-3-10;;/h2-7H,8H2,1H3;2*1H. The highest BCUT2D eigenvalue weighted by atomic mass is 35.5. The first-order valence-electron chi connectivity index (χ1n) is 4.22. The summed E-state index contributed by atoms with van der Waals surface area (Å²) < 4.78 is 1.92. The minimum absolute atomic E-state index is 0. The van der Waals surface area contributed by atoms with Gasteiger partial charge in [0.2, 0.25) is 0 Å². The Bertz CT molecular complexity index is 387. The van der Waals surface area contributed by atoms with Crippen LogP contribution in [0.4, 0.5) is 0 Å². The van der Waals surface area contributed by atoms with E-state index in [1.54, 1.807) is 12.4 Å². The van der Waals surface area contributed by atoms with Gasteiger partial charge in [0.25, 0.3) is 0 Å². The smallest absolute Gasteiger partial charge is 0.0660 e. The van der Waals surface area contributed by atoms with Gasteiger partial charge in [-0.05, 0) is 30.2 Å². The number of aryl methyl sites for hydroxylation is 1. The molecule has 0 bridgehead atoms. The molecule has 0 aromatic carbocycles. The molecule has 0 aliphatic heterocycles. The second-order valence-electron chi connectivity index (χ2n) is 3.07. The fraction of sp³-hybridized carbons (Fsp3) is 0.200. The molecule has 3 nitrogen and oxygen atoms in total. The number of hydrogen-bond acceptors (Lipinski definition) is 2. The number of rotatable bonds is 2. The molecule has 0 radical (unpaired) electrons. The second-order valence-corrected chi connectivity index (χ2v) is 3.07. The Morgan fingerprint density at radius 1 is 1.20 bits per heavy atom. The highest BCUT2D eigenvalue weighted by Crippen LogP contribution is 2.01. The van der Waals surface area contributed by atoms with Crippen LogP contribution in [-0.2, 0) is 6.54 Å². The van der Waals surface area contributed by atoms with Crippen LogP contribution in [0.3, 0.4) is 0 Å². The van der Waals surface area contributed by atoms with Crippen LogP contribution in [0.15, 0.2) is 36.9 Å². The van der Waals surface area contributed by atoms with E-state index in [9.17, 15) is 0 Å². The van der Waals surface area contributed by atoms with Gasteiger partial charge in [-0.2, -0.15) is 5.10 Å². The predicted octanol–water partition coefficient (Wildman–Crippen LogP) is 2.48. The molecular weight excluding hydrogens is 233 g/mol. The average Bonchev–Trinajstić information content (AvgIpc) is 2.53. The molecule has 0 unspecified atom stereocenters. The van der Waals surface area contributed by atoms with Crippen molar-refractivity contribution in [1.82, 2.24) is 14.8 Å². The van der Waals surface area contributed by atoms with Gasteiger partial charge in [0, 0.05) is 18.6 Å². The summed E-state index contributed by atoms with van der Waals surface area (Å²) in [5.74, 6) is 0. The lowest BCUT2D eigenvalue weighted by molar-refractivity contribution is 0.686. The Hall–Kier alpha value is -1.06. The van der Waals surface area contributed by atoms with Crippen LogP contribution in [0.5, 0.6) is 0 Å². The molecule has 2 heterocycles. The van der Waals surface area contributed by atoms with E-state index in [0.717, 1.165) is 6.54 Å². The van der Waals surface area contributed by atoms with Crippen LogP contribution in [0.2, 0.25) is 0 Å². The topological polar surface area (TPSA) is 30.7 Å². The quantitative estimate of drug-likeness (QED) is 0.814. The van der Waals surface area contributed by atoms with E-state index < -0.39 is 0 Å². The molecule has 0 N–H and O–H groups in total. The van der Waals surface area contributed by atoms with Crippen LogP contribution >= 0.6 is 24.8 Å². The molecule has 0 fully saturated rings. The molecular formula is C10H13Cl2N3. The van der Waals surface area contributed by atoms with Crippen molar-refractivity contribution in [3.8, 4) is 0 Å². The predicted molar refractivity (Wildman–Crippen MR) is 64.8 cm³/mol. The van der Waals surface area contributed by atoms with Gasteiger partial charge in [0.1, 0.15) is 0 Å². The van der Waals surface area contributed by atoms with Gasteiger partial charge in [-0.3, -0.25) is 9.67 Å². The van der Waals surface area contributed by atoms with Crippen LogP contribution in [0.25, 0.3) is 0 Å². The summed E-state index contributed by atoms with van der Waals surface area (Å²) in [6.45, 7) is 2.85. The first-order valence-corrected chi connectivity index (χ1v) is 4.22. The van der Waals surface area contributed by atoms with Gasteiger partial charge in [0.05, 0.1) is 12.7 Å². The van der Waals surface area contributed by atoms with Crippen molar-refractivity contribution in [2.45, 2.75) is 13.5 Å². The molecule has 0 saturated carbocycles. The van der Waals surface area contributed by atoms with Gasteiger partial charge in [-0.1, -0.05) is 0 Å². The summed E-state index contributed by atoms with van der Waals surface area (Å²) in [6.07, 6.45) is 7.49. The lowest BCUT2D eigenvalue weighted by Gasteiger charge is -1.99. The van der Waals surface area contributed by atoms with E-state index in [2.05, 4.69) is 10.1 Å². The van der Waals surface area contributed by atoms with Crippen molar-refractivity contribution in [3.05, 3.63) is 48.0 Å². The van der Waals surface area contributed by atoms with Gasteiger partial charge >= 0.3 is 0 Å². The summed E-state index contributed by atoms with van der Waals surface area (Å²) >= 11 is 0. The van der Waals surface area contributed by atoms with E-state index in [1.165, 1.54) is 11.1 Å². The van der Waals surface area contributed by atoms with Crippen LogP contribution in [0, 0.1) is 6.92 Å². The van der Waals surface area contributed by atoms with Gasteiger partial charge in [-0.25, -0.2) is 0 Å². The van der Waals surface area contributed by atoms with Crippen LogP contribution < -0.4 is 0 Å². The number of halogens is 2. The number of pyridine rings is 1. The normalized spacial score (nSPS) is 8.87. The first-order chi connectivity index (χ1) is 6.34. The molecule has 2 aromatic rings. The Morgan fingerprint density at radius 3 is 2.40 bits per heavy atom. The van der Waals surface area contributed by atoms with Crippen molar-refractivity contribution in [3.63, 3.8) is 0 Å². The summed E-state index contributed by atoms with van der Waals surface area (Å²) in [5, 5.41) is 4.21. The maximum absolute atomic E-state index is 4.21. The number of hydrogen-bond donors (Lipinski definition) is 0. The van der Waals surface area contributed by atoms with E-state index in [4.69, 9.17) is 0 Å². The van der Waals surface area contributed by atoms with Gasteiger partial charge in [-0.15, -0.1) is 24.8 Å². The Balaban J connectivity index is 0.000000980. The third kappa shape index (κ3) is 3.90. The zero-order chi connectivity index (χ0) is 9.10. The molecule has 0 saturated heterocycles. The first kappa shape index (κ1) is 13.9. The van der Waals surface area contributed by atoms with Crippen molar-refractivity contribution >= 4 is 24.8 Å². The monoisotopic (exact) mass is 245 g/mol. The van der Waals surface area contributed by atoms with Gasteiger partial charge < -0.3 is 0 Å². The number of nitrogens with zero attached hydrogens (tertiary/aromatic N) is 3. The van der Waals surface area contributed by atoms with Crippen molar-refractivity contribution in [1.29, 1.82) is 0 Å². The maximum atomic E-state index is 4.21. The minimum Gasteiger partial charge on any atom is -0.268 e. The molecule has 2 rings (SSSR count). The fourth-order valence-electron chi connectivity index (χ4n) is 1.23. The second kappa shape index (κ2) is 6.43. The molecule has 0 aliphatic carbocycles. The molecule has 5 heteroatoms. The van der Waals surface area contributed by atoms with E-state index in [-0.39, 0.29) is 24.8 Å². The highest BCUT2D eigenvalue weighted by Gasteiger charge is 1.95. The third-order valence-electron chi connectivity index (χ3n) is 1.86. The van der Waals surface area contributed by atoms with Crippen LogP contribution in [-0.4, -0.2) is 14.8 Å². The summed E-state index contributed by atoms with van der Waals surface area (Å²) in [6, 6.07) is 3.99. The minimum atomic E-state index is 0. The maximum Gasteiger partial charge on any atom is 0.0660 e. The molecule has 0 spiro atoms. The Kier molecular flexibility index (Phi) is 5.97. The number of aromatic nitrogens is 3. The summed E-state index contributed by atoms with van der Waals surface area (Å²) in [7, 11) is 0. The Morgan fingerprint density at radius 2 is 1.87 bits per heavy atom. The van der Waals surface area contributed by atoms with Gasteiger partial charge in [0.15, 0.2) is 0 Å². The SMILES string of the molecule is Cc1cnn(Cc2ccncc2)c1.Cl.Cl. The lowest BCUT2D eigenvalue weighted by atomic mass is 10.3. The van der Waals surface area contributed by atoms with Crippen molar-refractivity contribution in [2.75, 3.05) is 0 Å². The van der Waals surface area contributed by atoms with Crippen LogP contribution in [0.1, 0.15) is 11.1 Å². The molecule has 0 atom stereocenters. The average molecular weight is 246 g/mol. The molecule has 82 valence electrons. The lowest BCUT2D eigenvalue weighted by Crippen LogP contribution is -1.99. The van der Waals surface area contributed by atoms with E-state index >= 15 is 0 Å². The molecule has 0 amide bonds. The van der Waals surface area contributed by atoms with E-state index in [1.807, 2.05) is 36.1 Å². The van der Waals surface area contributed by atoms with Crippen molar-refractivity contribution < 1.29 is 0 Å². The zero-order valence-corrected chi connectivity index (χ0v) is 9.96. The fourth-order valence-corrected chi connectivity index (χ4v) is 1.23. The molecule has 15 heavy (non-hydrogen) atoms. The van der Waals surface area contributed by atoms with Crippen molar-refractivity contribution in [2.24, 2.45) is 0 Å². The third-order valence-corrected chi connectivity index (χ3v) is 1.86. The largest absolute Gasteiger partial charge is 0.268 e. The van der Waals surface area contributed by atoms with E-state index in [0.29, 0.717) is 0 Å². The molecule has 0 aliphatic rings. The Labute approximate surface area is 101 Å². The molecule has 2 aromatic heterocycles.